The van der Waals surface area contributed by atoms with Gasteiger partial charge in [0.25, 0.3) is 0 Å². The molecule has 2 aromatic rings. The van der Waals surface area contributed by atoms with E-state index >= 15 is 0 Å². The van der Waals surface area contributed by atoms with Gasteiger partial charge in [-0.1, -0.05) is 36.4 Å². The molecule has 0 heterocycles. The van der Waals surface area contributed by atoms with E-state index in [0.717, 1.165) is 11.1 Å². The number of ketones is 1. The first kappa shape index (κ1) is 20.9. The van der Waals surface area contributed by atoms with Crippen molar-refractivity contribution in [2.24, 2.45) is 5.92 Å². The molecule has 0 radical (unpaired) electrons. The summed E-state index contributed by atoms with van der Waals surface area (Å²) in [5, 5.41) is 3.01. The van der Waals surface area contributed by atoms with Crippen LogP contribution in [0.3, 0.4) is 0 Å². The number of benzene rings is 2. The van der Waals surface area contributed by atoms with Gasteiger partial charge in [0.15, 0.2) is 17.3 Å². The van der Waals surface area contributed by atoms with Crippen molar-refractivity contribution in [3.63, 3.8) is 0 Å². The van der Waals surface area contributed by atoms with Crippen LogP contribution in [0.1, 0.15) is 40.9 Å². The number of allylic oxidation sites excluding steroid dienone is 1. The Morgan fingerprint density at radius 3 is 2.31 bits per heavy atom. The quantitative estimate of drug-likeness (QED) is 0.539. The van der Waals surface area contributed by atoms with E-state index in [9.17, 15) is 9.59 Å². The molecule has 1 aliphatic carbocycles. The predicted octanol–water partition coefficient (Wildman–Crippen LogP) is 4.41. The smallest absolute Gasteiger partial charge is 0.217 e. The van der Waals surface area contributed by atoms with E-state index in [1.807, 2.05) is 30.3 Å². The second kappa shape index (κ2) is 9.14. The number of hydrogen-bond donors (Lipinski definition) is 1. The van der Waals surface area contributed by atoms with Crippen LogP contribution in [0.25, 0.3) is 5.57 Å². The Morgan fingerprint density at radius 1 is 1.07 bits per heavy atom. The van der Waals surface area contributed by atoms with Crippen LogP contribution in [-0.4, -0.2) is 31.8 Å². The summed E-state index contributed by atoms with van der Waals surface area (Å²) in [4.78, 5) is 25.2. The summed E-state index contributed by atoms with van der Waals surface area (Å²) in [6.07, 6.45) is 2.54. The van der Waals surface area contributed by atoms with Crippen LogP contribution in [-0.2, 0) is 4.79 Å². The molecule has 0 saturated heterocycles. The van der Waals surface area contributed by atoms with Gasteiger partial charge in [0.2, 0.25) is 5.91 Å². The highest BCUT2D eigenvalue weighted by Crippen LogP contribution is 2.44. The number of ether oxygens (including phenoxy) is 2. The van der Waals surface area contributed by atoms with Gasteiger partial charge >= 0.3 is 0 Å². The average molecular weight is 414 g/mol. The molecule has 0 aromatic heterocycles. The Labute approximate surface area is 175 Å². The molecule has 0 saturated carbocycles. The van der Waals surface area contributed by atoms with Crippen LogP contribution in [0.5, 0.6) is 11.5 Å². The van der Waals surface area contributed by atoms with E-state index in [0.29, 0.717) is 34.9 Å². The molecule has 1 aliphatic rings. The summed E-state index contributed by atoms with van der Waals surface area (Å²) >= 11 is 6.04. The Hall–Kier alpha value is -2.79. The Bertz CT molecular complexity index is 939. The number of alkyl halides is 1. The summed E-state index contributed by atoms with van der Waals surface area (Å²) in [7, 11) is 3.11. The minimum Gasteiger partial charge on any atom is -0.493 e. The molecule has 0 unspecified atom stereocenters. The molecule has 0 bridgehead atoms. The third kappa shape index (κ3) is 4.30. The predicted molar refractivity (Wildman–Crippen MR) is 114 cm³/mol. The van der Waals surface area contributed by atoms with Crippen LogP contribution in [0.4, 0.5) is 0 Å². The van der Waals surface area contributed by atoms with Gasteiger partial charge in [-0.3, -0.25) is 9.59 Å². The largest absolute Gasteiger partial charge is 0.493 e. The van der Waals surface area contributed by atoms with Crippen molar-refractivity contribution in [3.05, 3.63) is 65.2 Å². The van der Waals surface area contributed by atoms with Crippen LogP contribution >= 0.6 is 11.6 Å². The maximum atomic E-state index is 13.3. The molecule has 2 aromatic carbocycles. The maximum Gasteiger partial charge on any atom is 0.217 e. The zero-order chi connectivity index (χ0) is 21.0. The van der Waals surface area contributed by atoms with Crippen LogP contribution in [0.15, 0.2) is 48.5 Å². The van der Waals surface area contributed by atoms with Gasteiger partial charge in [0.05, 0.1) is 20.3 Å². The lowest BCUT2D eigenvalue weighted by Gasteiger charge is -2.33. The highest BCUT2D eigenvalue weighted by atomic mass is 35.5. The Morgan fingerprint density at radius 2 is 1.72 bits per heavy atom. The van der Waals surface area contributed by atoms with Crippen molar-refractivity contribution in [1.29, 1.82) is 0 Å². The van der Waals surface area contributed by atoms with Crippen molar-refractivity contribution in [1.82, 2.24) is 5.32 Å². The summed E-state index contributed by atoms with van der Waals surface area (Å²) < 4.78 is 10.9. The second-order valence-corrected chi connectivity index (χ2v) is 7.27. The molecule has 5 nitrogen and oxygen atoms in total. The minimum absolute atomic E-state index is 0.0834. The number of carbonyl (C=O) groups excluding carboxylic acids is 2. The van der Waals surface area contributed by atoms with Gasteiger partial charge in [0, 0.05) is 29.9 Å². The first-order chi connectivity index (χ1) is 14.0. The fourth-order valence-electron chi connectivity index (χ4n) is 3.74. The molecule has 2 atom stereocenters. The van der Waals surface area contributed by atoms with Crippen LogP contribution in [0.2, 0.25) is 0 Å². The molecule has 0 aliphatic heterocycles. The van der Waals surface area contributed by atoms with Gasteiger partial charge in [-0.15, -0.1) is 11.6 Å². The van der Waals surface area contributed by atoms with E-state index in [-0.39, 0.29) is 23.7 Å². The Kier molecular flexibility index (Phi) is 6.60. The standard InChI is InChI=1S/C23H24ClNO4/c1-14(26)25-22-16(9-10-24)11-19(23(27)15-7-5-4-6-8-15)17-12-20(28-2)21(29-3)13-18(17)22/h4-8,11-13,16,22H,9-10H2,1-3H3,(H,25,26)/t16-,22-/m0/s1. The van der Waals surface area contributed by atoms with Crippen molar-refractivity contribution in [3.8, 4) is 11.5 Å². The van der Waals surface area contributed by atoms with Gasteiger partial charge in [-0.05, 0) is 29.7 Å². The van der Waals surface area contributed by atoms with Gasteiger partial charge in [-0.25, -0.2) is 0 Å². The monoisotopic (exact) mass is 413 g/mol. The van der Waals surface area contributed by atoms with Crippen molar-refractivity contribution in [2.45, 2.75) is 19.4 Å². The third-order valence-electron chi connectivity index (χ3n) is 5.07. The minimum atomic E-state index is -0.312. The third-order valence-corrected chi connectivity index (χ3v) is 5.29. The molecule has 1 N–H and O–H groups in total. The highest BCUT2D eigenvalue weighted by Gasteiger charge is 2.34. The fraction of sp³-hybridized carbons (Fsp3) is 0.304. The Balaban J connectivity index is 2.21. The zero-order valence-electron chi connectivity index (χ0n) is 16.7. The molecule has 0 spiro atoms. The summed E-state index contributed by atoms with van der Waals surface area (Å²) in [6, 6.07) is 12.4. The summed E-state index contributed by atoms with van der Waals surface area (Å²) in [6.45, 7) is 1.48. The van der Waals surface area contributed by atoms with E-state index in [2.05, 4.69) is 5.32 Å². The van der Waals surface area contributed by atoms with Gasteiger partial charge in [-0.2, -0.15) is 0 Å². The van der Waals surface area contributed by atoms with Gasteiger partial charge in [0.1, 0.15) is 0 Å². The molecule has 6 heteroatoms. The summed E-state index contributed by atoms with van der Waals surface area (Å²) in [5.74, 6) is 1.12. The molecule has 152 valence electrons. The van der Waals surface area contributed by atoms with E-state index in [1.165, 1.54) is 6.92 Å². The maximum absolute atomic E-state index is 13.3. The van der Waals surface area contributed by atoms with E-state index in [1.54, 1.807) is 32.4 Å². The number of halogens is 1. The van der Waals surface area contributed by atoms with Crippen molar-refractivity contribution < 1.29 is 19.1 Å². The molecule has 29 heavy (non-hydrogen) atoms. The second-order valence-electron chi connectivity index (χ2n) is 6.89. The number of nitrogens with one attached hydrogen (secondary N) is 1. The molecule has 0 fully saturated rings. The number of fused-ring (bicyclic) bond motifs is 1. The molecular formula is C23H24ClNO4. The first-order valence-electron chi connectivity index (χ1n) is 9.41. The van der Waals surface area contributed by atoms with Crippen molar-refractivity contribution >= 4 is 28.9 Å². The number of Topliss-reactive ketones (excluding diaryl/α,β-unsaturated/α-hetero) is 1. The first-order valence-corrected chi connectivity index (χ1v) is 9.94. The summed E-state index contributed by atoms with van der Waals surface area (Å²) in [5.41, 5.74) is 2.71. The lowest BCUT2D eigenvalue weighted by molar-refractivity contribution is -0.120. The normalized spacial score (nSPS) is 17.7. The van der Waals surface area contributed by atoms with E-state index in [4.69, 9.17) is 21.1 Å². The van der Waals surface area contributed by atoms with E-state index < -0.39 is 0 Å². The number of methoxy groups -OCH3 is 2. The van der Waals surface area contributed by atoms with Crippen molar-refractivity contribution in [2.75, 3.05) is 20.1 Å². The number of rotatable bonds is 7. The number of amides is 1. The molecule has 1 amide bonds. The number of carbonyl (C=O) groups is 2. The topological polar surface area (TPSA) is 64.6 Å². The van der Waals surface area contributed by atoms with Crippen LogP contribution < -0.4 is 14.8 Å². The lowest BCUT2D eigenvalue weighted by atomic mass is 9.77. The fourth-order valence-corrected chi connectivity index (χ4v) is 3.99. The highest BCUT2D eigenvalue weighted by molar-refractivity contribution is 6.29. The SMILES string of the molecule is COc1cc2c(cc1OC)[C@@H](NC(C)=O)[C@@H](CCCl)C=C2C(=O)c1ccccc1. The number of hydrogen-bond acceptors (Lipinski definition) is 4. The molecule has 3 rings (SSSR count). The molecular weight excluding hydrogens is 390 g/mol. The zero-order valence-corrected chi connectivity index (χ0v) is 17.5. The van der Waals surface area contributed by atoms with Crippen LogP contribution in [0, 0.1) is 5.92 Å². The average Bonchev–Trinajstić information content (AvgIpc) is 2.74. The van der Waals surface area contributed by atoms with Gasteiger partial charge < -0.3 is 14.8 Å². The lowest BCUT2D eigenvalue weighted by Crippen LogP contribution is -2.34.